The summed E-state index contributed by atoms with van der Waals surface area (Å²) < 4.78 is 0. The monoisotopic (exact) mass is 379 g/mol. The van der Waals surface area contributed by atoms with E-state index in [1.165, 1.54) is 16.8 Å². The Morgan fingerprint density at radius 2 is 1.61 bits per heavy atom. The summed E-state index contributed by atoms with van der Waals surface area (Å²) in [4.78, 5) is 29.1. The van der Waals surface area contributed by atoms with E-state index in [9.17, 15) is 9.59 Å². The largest absolute Gasteiger partial charge is 0.368 e. The lowest BCUT2D eigenvalue weighted by Gasteiger charge is -2.36. The van der Waals surface area contributed by atoms with Crippen LogP contribution in [0, 0.1) is 13.8 Å². The second-order valence-corrected chi connectivity index (χ2v) is 7.69. The SMILES string of the molecule is Cc1cccc(N2CCN(C(=O)C(=O)Nc3ccccc3C(C)C)CC2)c1C. The van der Waals surface area contributed by atoms with Crippen LogP contribution in [0.15, 0.2) is 42.5 Å². The van der Waals surface area contributed by atoms with Crippen LogP contribution < -0.4 is 10.2 Å². The molecule has 5 nitrogen and oxygen atoms in total. The number of nitrogens with zero attached hydrogens (tertiary/aromatic N) is 2. The highest BCUT2D eigenvalue weighted by Crippen LogP contribution is 2.25. The third-order valence-electron chi connectivity index (χ3n) is 5.51. The molecule has 0 unspecified atom stereocenters. The van der Waals surface area contributed by atoms with E-state index in [2.05, 4.69) is 56.1 Å². The van der Waals surface area contributed by atoms with Crippen LogP contribution in [0.5, 0.6) is 0 Å². The number of anilines is 2. The van der Waals surface area contributed by atoms with E-state index < -0.39 is 11.8 Å². The molecule has 0 atom stereocenters. The lowest BCUT2D eigenvalue weighted by Crippen LogP contribution is -2.51. The fourth-order valence-electron chi connectivity index (χ4n) is 3.66. The number of para-hydroxylation sites is 1. The Kier molecular flexibility index (Phi) is 6.02. The fraction of sp³-hybridized carbons (Fsp3) is 0.391. The molecule has 0 radical (unpaired) electrons. The summed E-state index contributed by atoms with van der Waals surface area (Å²) >= 11 is 0. The Morgan fingerprint density at radius 3 is 2.29 bits per heavy atom. The molecule has 1 fully saturated rings. The number of carbonyl (C=O) groups is 2. The van der Waals surface area contributed by atoms with Crippen LogP contribution in [0.3, 0.4) is 0 Å². The van der Waals surface area contributed by atoms with Crippen molar-refractivity contribution in [2.24, 2.45) is 0 Å². The Bertz CT molecular complexity index is 868. The van der Waals surface area contributed by atoms with E-state index in [0.29, 0.717) is 18.8 Å². The highest BCUT2D eigenvalue weighted by atomic mass is 16.2. The van der Waals surface area contributed by atoms with E-state index >= 15 is 0 Å². The van der Waals surface area contributed by atoms with Crippen LogP contribution in [-0.4, -0.2) is 42.9 Å². The Balaban J connectivity index is 1.62. The fourth-order valence-corrected chi connectivity index (χ4v) is 3.66. The summed E-state index contributed by atoms with van der Waals surface area (Å²) in [6.07, 6.45) is 0. The van der Waals surface area contributed by atoms with Crippen LogP contribution in [-0.2, 0) is 9.59 Å². The summed E-state index contributed by atoms with van der Waals surface area (Å²) in [5, 5.41) is 2.80. The maximum absolute atomic E-state index is 12.6. The van der Waals surface area contributed by atoms with Gasteiger partial charge in [-0.05, 0) is 48.6 Å². The number of hydrogen-bond acceptors (Lipinski definition) is 3. The molecule has 2 aromatic carbocycles. The minimum absolute atomic E-state index is 0.271. The molecular weight excluding hydrogens is 350 g/mol. The zero-order valence-corrected chi connectivity index (χ0v) is 17.2. The van der Waals surface area contributed by atoms with Gasteiger partial charge in [0.25, 0.3) is 0 Å². The smallest absolute Gasteiger partial charge is 0.313 e. The Morgan fingerprint density at radius 1 is 0.929 bits per heavy atom. The predicted octanol–water partition coefficient (Wildman–Crippen LogP) is 3.71. The maximum atomic E-state index is 12.6. The van der Waals surface area contributed by atoms with E-state index in [1.54, 1.807) is 4.90 Å². The number of hydrogen-bond donors (Lipinski definition) is 1. The van der Waals surface area contributed by atoms with E-state index in [4.69, 9.17) is 0 Å². The van der Waals surface area contributed by atoms with Crippen molar-refractivity contribution >= 4 is 23.2 Å². The maximum Gasteiger partial charge on any atom is 0.313 e. The molecule has 0 aromatic heterocycles. The number of piperazine rings is 1. The molecule has 148 valence electrons. The van der Waals surface area contributed by atoms with Gasteiger partial charge in [-0.2, -0.15) is 0 Å². The van der Waals surface area contributed by atoms with Gasteiger partial charge in [0.1, 0.15) is 0 Å². The van der Waals surface area contributed by atoms with E-state index in [0.717, 1.165) is 18.7 Å². The van der Waals surface area contributed by atoms with E-state index in [-0.39, 0.29) is 5.92 Å². The van der Waals surface area contributed by atoms with Crippen LogP contribution >= 0.6 is 0 Å². The molecule has 0 spiro atoms. The minimum atomic E-state index is -0.562. The normalized spacial score (nSPS) is 14.3. The van der Waals surface area contributed by atoms with Gasteiger partial charge in [0, 0.05) is 37.6 Å². The quantitative estimate of drug-likeness (QED) is 0.827. The molecule has 1 N–H and O–H groups in total. The lowest BCUT2D eigenvalue weighted by molar-refractivity contribution is -0.143. The average Bonchev–Trinajstić information content (AvgIpc) is 2.70. The first kappa shape index (κ1) is 19.9. The molecule has 2 amide bonds. The zero-order valence-electron chi connectivity index (χ0n) is 17.2. The number of nitrogens with one attached hydrogen (secondary N) is 1. The third-order valence-corrected chi connectivity index (χ3v) is 5.51. The van der Waals surface area contributed by atoms with Crippen molar-refractivity contribution in [1.29, 1.82) is 0 Å². The van der Waals surface area contributed by atoms with Crippen LogP contribution in [0.4, 0.5) is 11.4 Å². The van der Waals surface area contributed by atoms with Crippen molar-refractivity contribution in [3.8, 4) is 0 Å². The van der Waals surface area contributed by atoms with Gasteiger partial charge in [-0.1, -0.05) is 44.2 Å². The first-order valence-electron chi connectivity index (χ1n) is 9.89. The Hall–Kier alpha value is -2.82. The van der Waals surface area contributed by atoms with Gasteiger partial charge in [0.15, 0.2) is 0 Å². The van der Waals surface area contributed by atoms with E-state index in [1.807, 2.05) is 24.3 Å². The van der Waals surface area contributed by atoms with Gasteiger partial charge >= 0.3 is 11.8 Å². The summed E-state index contributed by atoms with van der Waals surface area (Å²) in [5.74, 6) is -0.750. The number of carbonyl (C=O) groups excluding carboxylic acids is 2. The van der Waals surface area contributed by atoms with Gasteiger partial charge in [0.2, 0.25) is 0 Å². The molecule has 5 heteroatoms. The molecule has 1 heterocycles. The number of benzene rings is 2. The third kappa shape index (κ3) is 4.19. The highest BCUT2D eigenvalue weighted by molar-refractivity contribution is 6.39. The van der Waals surface area contributed by atoms with Crippen molar-refractivity contribution in [2.45, 2.75) is 33.6 Å². The van der Waals surface area contributed by atoms with Gasteiger partial charge in [-0.25, -0.2) is 0 Å². The second-order valence-electron chi connectivity index (χ2n) is 7.69. The molecule has 1 saturated heterocycles. The van der Waals surface area contributed by atoms with Crippen molar-refractivity contribution in [1.82, 2.24) is 4.90 Å². The molecule has 1 aliphatic rings. The van der Waals surface area contributed by atoms with Crippen molar-refractivity contribution < 1.29 is 9.59 Å². The molecule has 0 aliphatic carbocycles. The standard InChI is InChI=1S/C23H29N3O2/c1-16(2)19-9-5-6-10-20(19)24-22(27)23(28)26-14-12-25(13-15-26)21-11-7-8-17(3)18(21)4/h5-11,16H,12-15H2,1-4H3,(H,24,27). The molecule has 2 aromatic rings. The molecule has 28 heavy (non-hydrogen) atoms. The van der Waals surface area contributed by atoms with Crippen LogP contribution in [0.1, 0.15) is 36.5 Å². The lowest BCUT2D eigenvalue weighted by atomic mass is 10.0. The van der Waals surface area contributed by atoms with Crippen molar-refractivity contribution in [2.75, 3.05) is 36.4 Å². The highest BCUT2D eigenvalue weighted by Gasteiger charge is 2.27. The first-order chi connectivity index (χ1) is 13.4. The van der Waals surface area contributed by atoms with Gasteiger partial charge in [0.05, 0.1) is 0 Å². The van der Waals surface area contributed by atoms with Gasteiger partial charge in [-0.15, -0.1) is 0 Å². The summed E-state index contributed by atoms with van der Waals surface area (Å²) in [6.45, 7) is 10.9. The summed E-state index contributed by atoms with van der Waals surface area (Å²) in [7, 11) is 0. The van der Waals surface area contributed by atoms with Gasteiger partial charge < -0.3 is 15.1 Å². The Labute approximate surface area is 167 Å². The number of rotatable bonds is 3. The van der Waals surface area contributed by atoms with Crippen molar-refractivity contribution in [3.63, 3.8) is 0 Å². The molecule has 0 bridgehead atoms. The number of amides is 2. The van der Waals surface area contributed by atoms with Gasteiger partial charge in [-0.3, -0.25) is 9.59 Å². The molecular formula is C23H29N3O2. The summed E-state index contributed by atoms with van der Waals surface area (Å²) in [6, 6.07) is 13.9. The minimum Gasteiger partial charge on any atom is -0.368 e. The first-order valence-corrected chi connectivity index (χ1v) is 9.89. The van der Waals surface area contributed by atoms with Crippen LogP contribution in [0.25, 0.3) is 0 Å². The topological polar surface area (TPSA) is 52.7 Å². The second kappa shape index (κ2) is 8.46. The van der Waals surface area contributed by atoms with Crippen LogP contribution in [0.2, 0.25) is 0 Å². The summed E-state index contributed by atoms with van der Waals surface area (Å²) in [5.41, 5.74) is 5.49. The zero-order chi connectivity index (χ0) is 20.3. The molecule has 0 saturated carbocycles. The molecule has 1 aliphatic heterocycles. The van der Waals surface area contributed by atoms with Crippen molar-refractivity contribution in [3.05, 3.63) is 59.2 Å². The predicted molar refractivity (Wildman–Crippen MR) is 114 cm³/mol. The molecule has 3 rings (SSSR count). The number of aryl methyl sites for hydroxylation is 1. The average molecular weight is 380 g/mol.